The fourth-order valence-corrected chi connectivity index (χ4v) is 3.86. The summed E-state index contributed by atoms with van der Waals surface area (Å²) in [6.45, 7) is 0.0831. The van der Waals surface area contributed by atoms with Crippen molar-refractivity contribution in [3.8, 4) is 10.6 Å². The molecule has 0 atom stereocenters. The lowest BCUT2D eigenvalue weighted by molar-refractivity contribution is -0.384. The van der Waals surface area contributed by atoms with Gasteiger partial charge in [0.1, 0.15) is 5.01 Å². The number of aromatic nitrogens is 1. The largest absolute Gasteiger partial charge is 0.377 e. The van der Waals surface area contributed by atoms with Crippen LogP contribution in [0.15, 0.2) is 72.8 Å². The van der Waals surface area contributed by atoms with Crippen LogP contribution in [-0.2, 0) is 0 Å². The van der Waals surface area contributed by atoms with Crippen molar-refractivity contribution >= 4 is 38.7 Å². The minimum atomic E-state index is -0.485. The van der Waals surface area contributed by atoms with Crippen LogP contribution < -0.4 is 5.32 Å². The molecule has 0 bridgehead atoms. The van der Waals surface area contributed by atoms with E-state index in [2.05, 4.69) is 10.3 Å². The summed E-state index contributed by atoms with van der Waals surface area (Å²) in [4.78, 5) is 27.4. The van der Waals surface area contributed by atoms with E-state index < -0.39 is 4.92 Å². The van der Waals surface area contributed by atoms with Crippen molar-refractivity contribution in [2.75, 3.05) is 11.9 Å². The minimum Gasteiger partial charge on any atom is -0.377 e. The van der Waals surface area contributed by atoms with Crippen molar-refractivity contribution < 1.29 is 9.72 Å². The standard InChI is InChI=1S/C21H15N3O3S/c25-19(14-9-11-15(12-10-14)24(26)27)13-22-17-6-2-1-5-16(17)21-23-18-7-3-4-8-20(18)28-21/h1-12,22H,13H2. The highest BCUT2D eigenvalue weighted by Crippen LogP contribution is 2.34. The third-order valence-corrected chi connectivity index (χ3v) is 5.36. The summed E-state index contributed by atoms with van der Waals surface area (Å²) in [6, 6.07) is 21.3. The van der Waals surface area contributed by atoms with Gasteiger partial charge < -0.3 is 5.32 Å². The van der Waals surface area contributed by atoms with Gasteiger partial charge in [-0.15, -0.1) is 11.3 Å². The number of rotatable bonds is 6. The zero-order valence-corrected chi connectivity index (χ0v) is 15.5. The molecule has 0 radical (unpaired) electrons. The van der Waals surface area contributed by atoms with Crippen LogP contribution in [0, 0.1) is 10.1 Å². The maximum absolute atomic E-state index is 12.4. The Morgan fingerprint density at radius 3 is 2.46 bits per heavy atom. The number of thiazole rings is 1. The molecule has 0 unspecified atom stereocenters. The molecule has 28 heavy (non-hydrogen) atoms. The predicted molar refractivity (Wildman–Crippen MR) is 111 cm³/mol. The Hall–Kier alpha value is -3.58. The third-order valence-electron chi connectivity index (χ3n) is 4.29. The number of ketones is 1. The lowest BCUT2D eigenvalue weighted by atomic mass is 10.1. The van der Waals surface area contributed by atoms with Crippen LogP contribution in [0.25, 0.3) is 20.8 Å². The predicted octanol–water partition coefficient (Wildman–Crippen LogP) is 5.17. The summed E-state index contributed by atoms with van der Waals surface area (Å²) in [5.41, 5.74) is 3.08. The van der Waals surface area contributed by atoms with E-state index in [1.54, 1.807) is 11.3 Å². The SMILES string of the molecule is O=C(CNc1ccccc1-c1nc2ccccc2s1)c1ccc([N+](=O)[O-])cc1. The number of para-hydroxylation sites is 2. The van der Waals surface area contributed by atoms with E-state index in [0.717, 1.165) is 26.5 Å². The highest BCUT2D eigenvalue weighted by atomic mass is 32.1. The summed E-state index contributed by atoms with van der Waals surface area (Å²) in [5, 5.41) is 14.8. The van der Waals surface area contributed by atoms with Crippen molar-refractivity contribution in [1.29, 1.82) is 0 Å². The Bertz CT molecular complexity index is 1140. The fraction of sp³-hybridized carbons (Fsp3) is 0.0476. The molecule has 6 nitrogen and oxygen atoms in total. The summed E-state index contributed by atoms with van der Waals surface area (Å²) >= 11 is 1.60. The Kier molecular flexibility index (Phi) is 4.82. The zero-order chi connectivity index (χ0) is 19.5. The number of hydrogen-bond donors (Lipinski definition) is 1. The first-order valence-corrected chi connectivity index (χ1v) is 9.40. The summed E-state index contributed by atoms with van der Waals surface area (Å²) in [6.07, 6.45) is 0. The van der Waals surface area contributed by atoms with E-state index in [0.29, 0.717) is 5.56 Å². The molecule has 0 amide bonds. The first-order valence-electron chi connectivity index (χ1n) is 8.58. The number of Topliss-reactive ketones (excluding diaryl/α,β-unsaturated/α-hetero) is 1. The van der Waals surface area contributed by atoms with E-state index in [1.807, 2.05) is 48.5 Å². The molecule has 0 aliphatic heterocycles. The number of non-ortho nitro benzene ring substituents is 1. The molecule has 0 saturated carbocycles. The van der Waals surface area contributed by atoms with Gasteiger partial charge >= 0.3 is 0 Å². The average Bonchev–Trinajstić information content (AvgIpc) is 3.16. The van der Waals surface area contributed by atoms with Crippen molar-refractivity contribution in [2.45, 2.75) is 0 Å². The molecular weight excluding hydrogens is 374 g/mol. The van der Waals surface area contributed by atoms with E-state index in [-0.39, 0.29) is 18.0 Å². The Morgan fingerprint density at radius 1 is 1.00 bits per heavy atom. The monoisotopic (exact) mass is 389 g/mol. The third kappa shape index (κ3) is 3.60. The van der Waals surface area contributed by atoms with Crippen LogP contribution in [0.2, 0.25) is 0 Å². The molecular formula is C21H15N3O3S. The molecule has 3 aromatic carbocycles. The molecule has 138 valence electrons. The van der Waals surface area contributed by atoms with E-state index in [9.17, 15) is 14.9 Å². The van der Waals surface area contributed by atoms with Crippen molar-refractivity contribution in [2.24, 2.45) is 0 Å². The fourth-order valence-electron chi connectivity index (χ4n) is 2.86. The summed E-state index contributed by atoms with van der Waals surface area (Å²) < 4.78 is 1.11. The zero-order valence-electron chi connectivity index (χ0n) is 14.7. The molecule has 7 heteroatoms. The maximum atomic E-state index is 12.4. The molecule has 1 N–H and O–H groups in total. The molecule has 1 heterocycles. The lowest BCUT2D eigenvalue weighted by Crippen LogP contribution is -2.14. The first kappa shape index (κ1) is 17.8. The van der Waals surface area contributed by atoms with Crippen LogP contribution in [0.4, 0.5) is 11.4 Å². The second kappa shape index (κ2) is 7.58. The molecule has 0 spiro atoms. The topological polar surface area (TPSA) is 85.1 Å². The van der Waals surface area contributed by atoms with Gasteiger partial charge in [0.25, 0.3) is 5.69 Å². The second-order valence-electron chi connectivity index (χ2n) is 6.11. The molecule has 4 rings (SSSR count). The van der Waals surface area contributed by atoms with Gasteiger partial charge in [-0.1, -0.05) is 24.3 Å². The van der Waals surface area contributed by atoms with Gasteiger partial charge in [-0.05, 0) is 36.4 Å². The number of nitro groups is 1. The second-order valence-corrected chi connectivity index (χ2v) is 7.14. The van der Waals surface area contributed by atoms with Gasteiger partial charge in [0, 0.05) is 28.9 Å². The van der Waals surface area contributed by atoms with E-state index in [4.69, 9.17) is 0 Å². The summed E-state index contributed by atoms with van der Waals surface area (Å²) in [5.74, 6) is -0.144. The number of nitrogens with one attached hydrogen (secondary N) is 1. The van der Waals surface area contributed by atoms with Crippen LogP contribution in [0.1, 0.15) is 10.4 Å². The molecule has 0 aliphatic rings. The quantitative estimate of drug-likeness (QED) is 0.279. The molecule has 4 aromatic rings. The number of nitro benzene ring substituents is 1. The Labute approximate surface area is 164 Å². The number of anilines is 1. The number of hydrogen-bond acceptors (Lipinski definition) is 6. The van der Waals surface area contributed by atoms with Crippen LogP contribution >= 0.6 is 11.3 Å². The highest BCUT2D eigenvalue weighted by molar-refractivity contribution is 7.21. The van der Waals surface area contributed by atoms with Gasteiger partial charge in [0.05, 0.1) is 21.7 Å². The van der Waals surface area contributed by atoms with Crippen LogP contribution in [-0.4, -0.2) is 22.2 Å². The average molecular weight is 389 g/mol. The Morgan fingerprint density at radius 2 is 1.71 bits per heavy atom. The number of nitrogens with zero attached hydrogens (tertiary/aromatic N) is 2. The minimum absolute atomic E-state index is 0.0364. The molecule has 0 fully saturated rings. The van der Waals surface area contributed by atoms with Gasteiger partial charge in [0.2, 0.25) is 0 Å². The Balaban J connectivity index is 1.54. The number of benzene rings is 3. The maximum Gasteiger partial charge on any atom is 0.269 e. The number of fused-ring (bicyclic) bond motifs is 1. The normalized spacial score (nSPS) is 10.7. The van der Waals surface area contributed by atoms with Crippen LogP contribution in [0.5, 0.6) is 0 Å². The van der Waals surface area contributed by atoms with Gasteiger partial charge in [-0.3, -0.25) is 14.9 Å². The van der Waals surface area contributed by atoms with Crippen molar-refractivity contribution in [3.63, 3.8) is 0 Å². The van der Waals surface area contributed by atoms with Gasteiger partial charge in [-0.2, -0.15) is 0 Å². The summed E-state index contributed by atoms with van der Waals surface area (Å²) in [7, 11) is 0. The van der Waals surface area contributed by atoms with Crippen molar-refractivity contribution in [1.82, 2.24) is 4.98 Å². The van der Waals surface area contributed by atoms with Crippen LogP contribution in [0.3, 0.4) is 0 Å². The van der Waals surface area contributed by atoms with Crippen molar-refractivity contribution in [3.05, 3.63) is 88.5 Å². The smallest absolute Gasteiger partial charge is 0.269 e. The lowest BCUT2D eigenvalue weighted by Gasteiger charge is -2.10. The van der Waals surface area contributed by atoms with E-state index >= 15 is 0 Å². The van der Waals surface area contributed by atoms with Gasteiger partial charge in [-0.25, -0.2) is 4.98 Å². The number of carbonyl (C=O) groups excluding carboxylic acids is 1. The molecule has 1 aromatic heterocycles. The van der Waals surface area contributed by atoms with E-state index in [1.165, 1.54) is 24.3 Å². The van der Waals surface area contributed by atoms with Gasteiger partial charge in [0.15, 0.2) is 5.78 Å². The number of carbonyl (C=O) groups is 1. The highest BCUT2D eigenvalue weighted by Gasteiger charge is 2.13. The molecule has 0 saturated heterocycles. The molecule has 0 aliphatic carbocycles. The first-order chi connectivity index (χ1) is 13.6.